The molecule has 1 aromatic carbocycles. The van der Waals surface area contributed by atoms with Crippen LogP contribution in [-0.4, -0.2) is 28.3 Å². The van der Waals surface area contributed by atoms with Gasteiger partial charge >= 0.3 is 0 Å². The van der Waals surface area contributed by atoms with Gasteiger partial charge < -0.3 is 20.0 Å². The Bertz CT molecular complexity index is 915. The number of anilines is 1. The van der Waals surface area contributed by atoms with Crippen LogP contribution in [0.5, 0.6) is 11.5 Å². The highest BCUT2D eigenvalue weighted by Gasteiger charge is 2.14. The SMILES string of the molecule is CCOc1cc2cc(CO)nc(-c3ccnc(NN)c3)c2cc1OCC. The number of nitrogen functional groups attached to an aromatic ring is 1. The Kier molecular flexibility index (Phi) is 5.50. The molecule has 7 nitrogen and oxygen atoms in total. The minimum Gasteiger partial charge on any atom is -0.490 e. The van der Waals surface area contributed by atoms with Gasteiger partial charge in [-0.2, -0.15) is 0 Å². The molecule has 0 bridgehead atoms. The summed E-state index contributed by atoms with van der Waals surface area (Å²) in [6.07, 6.45) is 1.65. The number of rotatable bonds is 7. The number of pyridine rings is 2. The summed E-state index contributed by atoms with van der Waals surface area (Å²) >= 11 is 0. The smallest absolute Gasteiger partial charge is 0.161 e. The molecule has 3 rings (SSSR count). The lowest BCUT2D eigenvalue weighted by atomic mass is 10.0. The first-order valence-electron chi connectivity index (χ1n) is 8.47. The van der Waals surface area contributed by atoms with Gasteiger partial charge in [0.25, 0.3) is 0 Å². The van der Waals surface area contributed by atoms with Crippen LogP contribution in [-0.2, 0) is 6.61 Å². The Labute approximate surface area is 151 Å². The number of hydrogen-bond donors (Lipinski definition) is 3. The third-order valence-electron chi connectivity index (χ3n) is 3.89. The van der Waals surface area contributed by atoms with Crippen LogP contribution in [0.15, 0.2) is 36.5 Å². The zero-order valence-corrected chi connectivity index (χ0v) is 14.8. The number of aromatic nitrogens is 2. The van der Waals surface area contributed by atoms with Crippen LogP contribution in [0.1, 0.15) is 19.5 Å². The molecule has 0 radical (unpaired) electrons. The van der Waals surface area contributed by atoms with E-state index < -0.39 is 0 Å². The fourth-order valence-electron chi connectivity index (χ4n) is 2.81. The molecule has 7 heteroatoms. The molecule has 3 aromatic rings. The molecule has 0 saturated carbocycles. The predicted molar refractivity (Wildman–Crippen MR) is 101 cm³/mol. The normalized spacial score (nSPS) is 10.8. The molecule has 4 N–H and O–H groups in total. The summed E-state index contributed by atoms with van der Waals surface area (Å²) in [4.78, 5) is 8.73. The Morgan fingerprint density at radius 2 is 1.81 bits per heavy atom. The number of hydrazine groups is 1. The highest BCUT2D eigenvalue weighted by atomic mass is 16.5. The molecule has 0 saturated heterocycles. The van der Waals surface area contributed by atoms with Crippen molar-refractivity contribution in [3.8, 4) is 22.8 Å². The van der Waals surface area contributed by atoms with Gasteiger partial charge in [0.15, 0.2) is 11.5 Å². The van der Waals surface area contributed by atoms with Crippen LogP contribution in [0.25, 0.3) is 22.0 Å². The van der Waals surface area contributed by atoms with Crippen molar-refractivity contribution in [1.29, 1.82) is 0 Å². The van der Waals surface area contributed by atoms with Gasteiger partial charge in [0.2, 0.25) is 0 Å². The Hall–Kier alpha value is -2.90. The van der Waals surface area contributed by atoms with Crippen LogP contribution in [0.3, 0.4) is 0 Å². The van der Waals surface area contributed by atoms with Crippen LogP contribution in [0.4, 0.5) is 5.82 Å². The molecule has 136 valence electrons. The fourth-order valence-corrected chi connectivity index (χ4v) is 2.81. The fraction of sp³-hybridized carbons (Fsp3) is 0.263. The van der Waals surface area contributed by atoms with Gasteiger partial charge in [-0.15, -0.1) is 0 Å². The van der Waals surface area contributed by atoms with Gasteiger partial charge in [0.1, 0.15) is 5.82 Å². The van der Waals surface area contributed by atoms with Crippen molar-refractivity contribution in [2.45, 2.75) is 20.5 Å². The second-order valence-corrected chi connectivity index (χ2v) is 5.58. The second-order valence-electron chi connectivity index (χ2n) is 5.58. The Balaban J connectivity index is 2.27. The third kappa shape index (κ3) is 3.54. The largest absolute Gasteiger partial charge is 0.490 e. The van der Waals surface area contributed by atoms with Crippen LogP contribution >= 0.6 is 0 Å². The molecule has 26 heavy (non-hydrogen) atoms. The molecule has 0 aliphatic rings. The van der Waals surface area contributed by atoms with E-state index in [-0.39, 0.29) is 6.61 Å². The highest BCUT2D eigenvalue weighted by Crippen LogP contribution is 2.37. The predicted octanol–water partition coefficient (Wildman–Crippen LogP) is 2.87. The molecule has 0 unspecified atom stereocenters. The number of nitrogens with two attached hydrogens (primary N) is 1. The number of nitrogens with one attached hydrogen (secondary N) is 1. The van der Waals surface area contributed by atoms with E-state index in [1.54, 1.807) is 12.3 Å². The maximum Gasteiger partial charge on any atom is 0.161 e. The molecular weight excluding hydrogens is 332 g/mol. The van der Waals surface area contributed by atoms with E-state index in [4.69, 9.17) is 15.3 Å². The van der Waals surface area contributed by atoms with Gasteiger partial charge in [-0.25, -0.2) is 15.8 Å². The standard InChI is InChI=1S/C19H22N4O3/c1-3-25-16-8-13-7-14(11-24)22-19(15(13)10-17(16)26-4-2)12-5-6-21-18(9-12)23-20/h5-10,24H,3-4,11,20H2,1-2H3,(H,21,23). The van der Waals surface area contributed by atoms with E-state index in [9.17, 15) is 5.11 Å². The van der Waals surface area contributed by atoms with Crippen molar-refractivity contribution in [2.24, 2.45) is 5.84 Å². The number of nitrogens with zero attached hydrogens (tertiary/aromatic N) is 2. The molecular formula is C19H22N4O3. The first kappa shape index (κ1) is 17.9. The van der Waals surface area contributed by atoms with Crippen molar-refractivity contribution >= 4 is 16.6 Å². The highest BCUT2D eigenvalue weighted by molar-refractivity contribution is 5.97. The summed E-state index contributed by atoms with van der Waals surface area (Å²) in [7, 11) is 0. The summed E-state index contributed by atoms with van der Waals surface area (Å²) < 4.78 is 11.5. The maximum atomic E-state index is 9.62. The summed E-state index contributed by atoms with van der Waals surface area (Å²) in [6.45, 7) is 4.75. The van der Waals surface area contributed by atoms with E-state index in [1.807, 2.05) is 38.1 Å². The molecule has 0 aliphatic carbocycles. The maximum absolute atomic E-state index is 9.62. The van der Waals surface area contributed by atoms with Crippen LogP contribution in [0.2, 0.25) is 0 Å². The van der Waals surface area contributed by atoms with Crippen molar-refractivity contribution in [1.82, 2.24) is 9.97 Å². The lowest BCUT2D eigenvalue weighted by Crippen LogP contribution is -2.08. The molecule has 2 aromatic heterocycles. The number of aliphatic hydroxyl groups excluding tert-OH is 1. The van der Waals surface area contributed by atoms with Crippen molar-refractivity contribution < 1.29 is 14.6 Å². The molecule has 0 atom stereocenters. The van der Waals surface area contributed by atoms with Gasteiger partial charge in [0, 0.05) is 17.1 Å². The number of fused-ring (bicyclic) bond motifs is 1. The van der Waals surface area contributed by atoms with Crippen molar-refractivity contribution in [3.05, 3.63) is 42.2 Å². The van der Waals surface area contributed by atoms with Crippen LogP contribution < -0.4 is 20.7 Å². The number of hydrogen-bond acceptors (Lipinski definition) is 7. The summed E-state index contributed by atoms with van der Waals surface area (Å²) in [5.41, 5.74) is 4.66. The van der Waals surface area contributed by atoms with E-state index >= 15 is 0 Å². The number of ether oxygens (including phenoxy) is 2. The molecule has 0 spiro atoms. The molecule has 0 aliphatic heterocycles. The van der Waals surface area contributed by atoms with E-state index in [0.29, 0.717) is 36.2 Å². The summed E-state index contributed by atoms with van der Waals surface area (Å²) in [5, 5.41) is 11.4. The quantitative estimate of drug-likeness (QED) is 0.443. The van der Waals surface area contributed by atoms with Gasteiger partial charge in [0.05, 0.1) is 31.2 Å². The monoisotopic (exact) mass is 354 g/mol. The lowest BCUT2D eigenvalue weighted by Gasteiger charge is -2.15. The minimum atomic E-state index is -0.160. The average Bonchev–Trinajstić information content (AvgIpc) is 2.68. The first-order chi connectivity index (χ1) is 12.7. The zero-order valence-electron chi connectivity index (χ0n) is 14.8. The minimum absolute atomic E-state index is 0.160. The topological polar surface area (TPSA) is 103 Å². The Morgan fingerprint density at radius 1 is 1.08 bits per heavy atom. The van der Waals surface area contributed by atoms with E-state index in [2.05, 4.69) is 15.4 Å². The Morgan fingerprint density at radius 3 is 2.46 bits per heavy atom. The summed E-state index contributed by atoms with van der Waals surface area (Å²) in [5.74, 6) is 7.33. The first-order valence-corrected chi connectivity index (χ1v) is 8.47. The third-order valence-corrected chi connectivity index (χ3v) is 3.89. The number of benzene rings is 1. The zero-order chi connectivity index (χ0) is 18.5. The van der Waals surface area contributed by atoms with Gasteiger partial charge in [-0.3, -0.25) is 0 Å². The van der Waals surface area contributed by atoms with Crippen molar-refractivity contribution in [2.75, 3.05) is 18.6 Å². The van der Waals surface area contributed by atoms with Gasteiger partial charge in [-0.05, 0) is 49.6 Å². The van der Waals surface area contributed by atoms with E-state index in [0.717, 1.165) is 22.0 Å². The van der Waals surface area contributed by atoms with Gasteiger partial charge in [-0.1, -0.05) is 0 Å². The molecule has 0 fully saturated rings. The molecule has 2 heterocycles. The van der Waals surface area contributed by atoms with E-state index in [1.165, 1.54) is 0 Å². The molecule has 0 amide bonds. The van der Waals surface area contributed by atoms with Crippen LogP contribution in [0, 0.1) is 0 Å². The average molecular weight is 354 g/mol. The number of aliphatic hydroxyl groups is 1. The summed E-state index contributed by atoms with van der Waals surface area (Å²) in [6, 6.07) is 9.33. The lowest BCUT2D eigenvalue weighted by molar-refractivity contribution is 0.277. The van der Waals surface area contributed by atoms with Crippen molar-refractivity contribution in [3.63, 3.8) is 0 Å². The second kappa shape index (κ2) is 7.99.